The lowest BCUT2D eigenvalue weighted by Gasteiger charge is -2.48. The van der Waals surface area contributed by atoms with Crippen LogP contribution in [0.15, 0.2) is 15.5 Å². The molecule has 24 heavy (non-hydrogen) atoms. The minimum absolute atomic E-state index is 0.224. The molecule has 0 spiro atoms. The van der Waals surface area contributed by atoms with Crippen molar-refractivity contribution in [2.75, 3.05) is 42.2 Å². The van der Waals surface area contributed by atoms with Crippen molar-refractivity contribution in [3.63, 3.8) is 0 Å². The molecule has 0 radical (unpaired) electrons. The van der Waals surface area contributed by atoms with E-state index in [9.17, 15) is 4.79 Å². The van der Waals surface area contributed by atoms with E-state index in [-0.39, 0.29) is 17.3 Å². The quantitative estimate of drug-likeness (QED) is 0.688. The number of methoxy groups -OCH3 is 5. The maximum absolute atomic E-state index is 12.5. The van der Waals surface area contributed by atoms with Crippen molar-refractivity contribution in [3.8, 4) is 5.75 Å². The first-order valence-electron chi connectivity index (χ1n) is 7.57. The Morgan fingerprint density at radius 3 is 2.46 bits per heavy atom. The van der Waals surface area contributed by atoms with Crippen LogP contribution in [-0.2, 0) is 25.5 Å². The zero-order valence-electron chi connectivity index (χ0n) is 14.6. The minimum Gasteiger partial charge on any atom is -0.491 e. The summed E-state index contributed by atoms with van der Waals surface area (Å²) in [5, 5.41) is 0. The van der Waals surface area contributed by atoms with Crippen molar-refractivity contribution >= 4 is 15.9 Å². The third kappa shape index (κ3) is 3.01. The van der Waals surface area contributed by atoms with Crippen LogP contribution in [0, 0.1) is 0 Å². The van der Waals surface area contributed by atoms with Crippen molar-refractivity contribution in [2.24, 2.45) is 0 Å². The van der Waals surface area contributed by atoms with Gasteiger partial charge in [-0.05, 0) is 15.9 Å². The standard InChI is InChI=1S/C16H24BrNO6/c1-20-7-6-16(24-5)11(21-2)9-18-8-10(17)13(19)14(22-3)12(18)15(16)23-4/h8,11,15H,6-7,9H2,1-5H3. The maximum atomic E-state index is 12.5. The van der Waals surface area contributed by atoms with Gasteiger partial charge in [-0.15, -0.1) is 0 Å². The minimum atomic E-state index is -0.799. The number of aromatic nitrogens is 1. The highest BCUT2D eigenvalue weighted by Crippen LogP contribution is 2.45. The molecule has 0 saturated heterocycles. The summed E-state index contributed by atoms with van der Waals surface area (Å²) >= 11 is 3.29. The molecular formula is C16H24BrNO6. The normalized spacial score (nSPS) is 26.2. The number of hydrogen-bond donors (Lipinski definition) is 0. The third-order valence-corrected chi connectivity index (χ3v) is 5.20. The first-order valence-corrected chi connectivity index (χ1v) is 8.36. The van der Waals surface area contributed by atoms with Gasteiger partial charge in [0.1, 0.15) is 17.8 Å². The zero-order chi connectivity index (χ0) is 17.9. The summed E-state index contributed by atoms with van der Waals surface area (Å²) in [5.41, 5.74) is -0.384. The maximum Gasteiger partial charge on any atom is 0.237 e. The van der Waals surface area contributed by atoms with Crippen molar-refractivity contribution in [1.82, 2.24) is 4.57 Å². The number of ether oxygens (including phenoxy) is 5. The highest BCUT2D eigenvalue weighted by molar-refractivity contribution is 9.10. The lowest BCUT2D eigenvalue weighted by Crippen LogP contribution is -2.57. The van der Waals surface area contributed by atoms with E-state index in [4.69, 9.17) is 23.7 Å². The molecule has 1 aromatic rings. The lowest BCUT2D eigenvalue weighted by atomic mass is 9.81. The number of fused-ring (bicyclic) bond motifs is 1. The summed E-state index contributed by atoms with van der Waals surface area (Å²) in [4.78, 5) is 12.5. The van der Waals surface area contributed by atoms with Crippen LogP contribution >= 0.6 is 15.9 Å². The molecule has 1 aliphatic heterocycles. The van der Waals surface area contributed by atoms with E-state index in [0.29, 0.717) is 29.7 Å². The summed E-state index contributed by atoms with van der Waals surface area (Å²) < 4.78 is 30.4. The van der Waals surface area contributed by atoms with Crippen molar-refractivity contribution in [2.45, 2.75) is 30.8 Å². The average molecular weight is 406 g/mol. The van der Waals surface area contributed by atoms with Gasteiger partial charge in [-0.1, -0.05) is 0 Å². The predicted molar refractivity (Wildman–Crippen MR) is 91.7 cm³/mol. The fourth-order valence-electron chi connectivity index (χ4n) is 3.45. The van der Waals surface area contributed by atoms with Crippen LogP contribution in [0.2, 0.25) is 0 Å². The third-order valence-electron chi connectivity index (χ3n) is 4.64. The number of pyridine rings is 1. The molecule has 3 atom stereocenters. The second-order valence-corrected chi connectivity index (χ2v) is 6.47. The molecule has 1 aromatic heterocycles. The second-order valence-electron chi connectivity index (χ2n) is 5.62. The van der Waals surface area contributed by atoms with Gasteiger partial charge < -0.3 is 28.3 Å². The Morgan fingerprint density at radius 1 is 1.25 bits per heavy atom. The summed E-state index contributed by atoms with van der Waals surface area (Å²) in [7, 11) is 7.94. The van der Waals surface area contributed by atoms with E-state index in [2.05, 4.69) is 15.9 Å². The van der Waals surface area contributed by atoms with Gasteiger partial charge in [0.2, 0.25) is 5.43 Å². The monoisotopic (exact) mass is 405 g/mol. The number of nitrogens with zero attached hydrogens (tertiary/aromatic N) is 1. The van der Waals surface area contributed by atoms with E-state index in [1.54, 1.807) is 34.6 Å². The molecule has 0 amide bonds. The van der Waals surface area contributed by atoms with Crippen molar-refractivity contribution in [3.05, 3.63) is 26.6 Å². The molecule has 0 N–H and O–H groups in total. The SMILES string of the molecule is COCCC1(OC)C(OC)Cn2cc(Br)c(=O)c(OC)c2C1OC. The highest BCUT2D eigenvalue weighted by Gasteiger charge is 2.53. The van der Waals surface area contributed by atoms with Gasteiger partial charge in [0, 0.05) is 47.7 Å². The van der Waals surface area contributed by atoms with E-state index in [1.165, 1.54) is 7.11 Å². The molecule has 2 rings (SSSR count). The van der Waals surface area contributed by atoms with Crippen LogP contribution in [0.25, 0.3) is 0 Å². The van der Waals surface area contributed by atoms with Gasteiger partial charge >= 0.3 is 0 Å². The van der Waals surface area contributed by atoms with Crippen LogP contribution in [-0.4, -0.2) is 58.4 Å². The van der Waals surface area contributed by atoms with Gasteiger partial charge in [-0.25, -0.2) is 0 Å². The Kier molecular flexibility index (Phi) is 6.44. The largest absolute Gasteiger partial charge is 0.491 e. The Morgan fingerprint density at radius 2 is 1.96 bits per heavy atom. The molecule has 0 saturated carbocycles. The van der Waals surface area contributed by atoms with Gasteiger partial charge in [0.05, 0.1) is 23.8 Å². The van der Waals surface area contributed by atoms with E-state index < -0.39 is 11.7 Å². The molecule has 0 fully saturated rings. The Labute approximate surface area is 149 Å². The van der Waals surface area contributed by atoms with Crippen LogP contribution in [0.5, 0.6) is 5.75 Å². The van der Waals surface area contributed by atoms with E-state index >= 15 is 0 Å². The van der Waals surface area contributed by atoms with Crippen molar-refractivity contribution < 1.29 is 23.7 Å². The smallest absolute Gasteiger partial charge is 0.237 e. The summed E-state index contributed by atoms with van der Waals surface area (Å²) in [6.45, 7) is 0.967. The number of hydrogen-bond acceptors (Lipinski definition) is 6. The van der Waals surface area contributed by atoms with Crippen LogP contribution < -0.4 is 10.2 Å². The predicted octanol–water partition coefficient (Wildman–Crippen LogP) is 1.76. The van der Waals surface area contributed by atoms with Gasteiger partial charge in [-0.3, -0.25) is 4.79 Å². The van der Waals surface area contributed by atoms with Gasteiger partial charge in [-0.2, -0.15) is 0 Å². The molecule has 136 valence electrons. The summed E-state index contributed by atoms with van der Waals surface area (Å²) in [6.07, 6.45) is 1.44. The molecule has 0 aliphatic carbocycles. The average Bonchev–Trinajstić information content (AvgIpc) is 2.60. The Balaban J connectivity index is 2.70. The molecule has 1 aliphatic rings. The van der Waals surface area contributed by atoms with Crippen LogP contribution in [0.1, 0.15) is 18.2 Å². The van der Waals surface area contributed by atoms with Gasteiger partial charge in [0.15, 0.2) is 5.75 Å². The second kappa shape index (κ2) is 7.97. The molecular weight excluding hydrogens is 382 g/mol. The van der Waals surface area contributed by atoms with E-state index in [0.717, 1.165) is 0 Å². The Hall–Kier alpha value is -0.930. The molecule has 7 nitrogen and oxygen atoms in total. The molecule has 3 unspecified atom stereocenters. The van der Waals surface area contributed by atoms with Crippen molar-refractivity contribution in [1.29, 1.82) is 0 Å². The molecule has 0 bridgehead atoms. The first kappa shape index (κ1) is 19.4. The highest BCUT2D eigenvalue weighted by atomic mass is 79.9. The molecule has 0 aromatic carbocycles. The summed E-state index contributed by atoms with van der Waals surface area (Å²) in [6, 6.07) is 0. The lowest BCUT2D eigenvalue weighted by molar-refractivity contribution is -0.210. The number of rotatable bonds is 7. The Bertz CT molecular complexity index is 634. The first-order chi connectivity index (χ1) is 11.5. The van der Waals surface area contributed by atoms with Crippen LogP contribution in [0.4, 0.5) is 0 Å². The van der Waals surface area contributed by atoms with E-state index in [1.807, 2.05) is 4.57 Å². The zero-order valence-corrected chi connectivity index (χ0v) is 16.2. The molecule has 8 heteroatoms. The fraction of sp³-hybridized carbons (Fsp3) is 0.688. The summed E-state index contributed by atoms with van der Waals surface area (Å²) in [5.74, 6) is 0.240. The van der Waals surface area contributed by atoms with Crippen LogP contribution in [0.3, 0.4) is 0 Å². The fourth-order valence-corrected chi connectivity index (χ4v) is 3.88. The van der Waals surface area contributed by atoms with Gasteiger partial charge in [0.25, 0.3) is 0 Å². The topological polar surface area (TPSA) is 68.2 Å². The number of halogens is 1. The molecule has 2 heterocycles.